The van der Waals surface area contributed by atoms with Gasteiger partial charge in [0.25, 0.3) is 5.91 Å². The molecule has 124 valence electrons. The van der Waals surface area contributed by atoms with Crippen molar-refractivity contribution in [2.45, 2.75) is 37.5 Å². The Kier molecular flexibility index (Phi) is 4.82. The minimum atomic E-state index is -0.699. The number of amides is 2. The highest BCUT2D eigenvalue weighted by molar-refractivity contribution is 5.92. The van der Waals surface area contributed by atoms with Crippen LogP contribution in [0.15, 0.2) is 18.6 Å². The normalized spacial score (nSPS) is 28.9. The van der Waals surface area contributed by atoms with Crippen LogP contribution < -0.4 is 10.6 Å². The van der Waals surface area contributed by atoms with Crippen LogP contribution in [0.5, 0.6) is 0 Å². The smallest absolute Gasteiger partial charge is 0.271 e. The lowest BCUT2D eigenvalue weighted by Gasteiger charge is -2.42. The summed E-state index contributed by atoms with van der Waals surface area (Å²) in [6.07, 6.45) is 6.10. The van der Waals surface area contributed by atoms with Crippen molar-refractivity contribution in [3.8, 4) is 0 Å². The van der Waals surface area contributed by atoms with Crippen LogP contribution in [-0.4, -0.2) is 69.6 Å². The number of carbonyl (C=O) groups excluding carboxylic acids is 2. The standard InChI is InChI=1S/C15H21N5O3/c21-13-9-20(7-6-18-13)12-3-1-2-10(14(12)22)19-15(23)11-8-16-4-5-17-11/h4-5,8,10,12,14,22H,1-3,6-7,9H2,(H,18,21)(H,19,23)/t10-,12-,14-/m1/s1. The molecule has 8 nitrogen and oxygen atoms in total. The summed E-state index contributed by atoms with van der Waals surface area (Å²) in [6.45, 7) is 1.61. The molecule has 2 fully saturated rings. The molecule has 1 aromatic heterocycles. The van der Waals surface area contributed by atoms with Gasteiger partial charge in [-0.25, -0.2) is 4.98 Å². The number of aromatic nitrogens is 2. The molecule has 1 saturated carbocycles. The highest BCUT2D eigenvalue weighted by Crippen LogP contribution is 2.24. The first-order valence-corrected chi connectivity index (χ1v) is 7.91. The molecule has 3 rings (SSSR count). The molecule has 2 aliphatic rings. The maximum Gasteiger partial charge on any atom is 0.271 e. The molecule has 0 bridgehead atoms. The predicted molar refractivity (Wildman–Crippen MR) is 81.5 cm³/mol. The molecule has 2 amide bonds. The molecular weight excluding hydrogens is 298 g/mol. The van der Waals surface area contributed by atoms with Gasteiger partial charge in [-0.3, -0.25) is 19.5 Å². The van der Waals surface area contributed by atoms with Gasteiger partial charge in [0.05, 0.1) is 24.9 Å². The molecule has 0 aromatic carbocycles. The Hall–Kier alpha value is -2.06. The van der Waals surface area contributed by atoms with Crippen LogP contribution in [0, 0.1) is 0 Å². The first-order valence-electron chi connectivity index (χ1n) is 7.91. The van der Waals surface area contributed by atoms with Gasteiger partial charge in [-0.1, -0.05) is 0 Å². The van der Waals surface area contributed by atoms with Crippen molar-refractivity contribution >= 4 is 11.8 Å². The average Bonchev–Trinajstić information content (AvgIpc) is 2.57. The van der Waals surface area contributed by atoms with Crippen LogP contribution in [-0.2, 0) is 4.79 Å². The molecule has 3 atom stereocenters. The molecule has 1 aromatic rings. The van der Waals surface area contributed by atoms with E-state index in [9.17, 15) is 14.7 Å². The largest absolute Gasteiger partial charge is 0.389 e. The topological polar surface area (TPSA) is 107 Å². The molecule has 1 aliphatic heterocycles. The summed E-state index contributed by atoms with van der Waals surface area (Å²) in [5.41, 5.74) is 0.235. The Morgan fingerprint density at radius 1 is 1.39 bits per heavy atom. The van der Waals surface area contributed by atoms with E-state index >= 15 is 0 Å². The first-order chi connectivity index (χ1) is 11.1. The molecule has 2 heterocycles. The van der Waals surface area contributed by atoms with Crippen LogP contribution in [0.25, 0.3) is 0 Å². The van der Waals surface area contributed by atoms with Gasteiger partial charge in [-0.2, -0.15) is 0 Å². The van der Waals surface area contributed by atoms with E-state index in [0.717, 1.165) is 19.4 Å². The monoisotopic (exact) mass is 319 g/mol. The van der Waals surface area contributed by atoms with Crippen molar-refractivity contribution < 1.29 is 14.7 Å². The second-order valence-electron chi connectivity index (χ2n) is 5.98. The number of hydrogen-bond donors (Lipinski definition) is 3. The Morgan fingerprint density at radius 3 is 3.00 bits per heavy atom. The van der Waals surface area contributed by atoms with Crippen LogP contribution in [0.2, 0.25) is 0 Å². The summed E-state index contributed by atoms with van der Waals surface area (Å²) in [5, 5.41) is 16.3. The lowest BCUT2D eigenvalue weighted by atomic mass is 9.86. The van der Waals surface area contributed by atoms with E-state index in [1.54, 1.807) is 0 Å². The van der Waals surface area contributed by atoms with E-state index < -0.39 is 6.10 Å². The van der Waals surface area contributed by atoms with E-state index in [1.165, 1.54) is 18.6 Å². The van der Waals surface area contributed by atoms with Gasteiger partial charge in [0, 0.05) is 31.5 Å². The van der Waals surface area contributed by atoms with Gasteiger partial charge >= 0.3 is 0 Å². The lowest BCUT2D eigenvalue weighted by molar-refractivity contribution is -0.126. The highest BCUT2D eigenvalue weighted by atomic mass is 16.3. The fraction of sp³-hybridized carbons (Fsp3) is 0.600. The summed E-state index contributed by atoms with van der Waals surface area (Å²) < 4.78 is 0. The fourth-order valence-corrected chi connectivity index (χ4v) is 3.31. The minimum Gasteiger partial charge on any atom is -0.389 e. The minimum absolute atomic E-state index is 0.0193. The maximum atomic E-state index is 12.2. The number of aliphatic hydroxyl groups excluding tert-OH is 1. The quantitative estimate of drug-likeness (QED) is 0.654. The van der Waals surface area contributed by atoms with Crippen LogP contribution >= 0.6 is 0 Å². The summed E-state index contributed by atoms with van der Waals surface area (Å²) in [4.78, 5) is 33.6. The number of carbonyl (C=O) groups is 2. The van der Waals surface area contributed by atoms with Crippen LogP contribution in [0.3, 0.4) is 0 Å². The van der Waals surface area contributed by atoms with E-state index in [1.807, 2.05) is 4.90 Å². The molecular formula is C15H21N5O3. The van der Waals surface area contributed by atoms with Crippen molar-refractivity contribution in [2.75, 3.05) is 19.6 Å². The van der Waals surface area contributed by atoms with Crippen LogP contribution in [0.1, 0.15) is 29.8 Å². The Morgan fingerprint density at radius 2 is 2.26 bits per heavy atom. The third-order valence-corrected chi connectivity index (χ3v) is 4.47. The van der Waals surface area contributed by atoms with Crippen molar-refractivity contribution in [1.82, 2.24) is 25.5 Å². The maximum absolute atomic E-state index is 12.2. The summed E-state index contributed by atoms with van der Waals surface area (Å²) in [5.74, 6) is -0.353. The molecule has 8 heteroatoms. The highest BCUT2D eigenvalue weighted by Gasteiger charge is 2.37. The number of nitrogens with one attached hydrogen (secondary N) is 2. The molecule has 0 unspecified atom stereocenters. The first kappa shape index (κ1) is 15.8. The number of rotatable bonds is 3. The van der Waals surface area contributed by atoms with E-state index in [0.29, 0.717) is 19.5 Å². The van der Waals surface area contributed by atoms with E-state index in [2.05, 4.69) is 20.6 Å². The second kappa shape index (κ2) is 7.01. The fourth-order valence-electron chi connectivity index (χ4n) is 3.31. The number of piperazine rings is 1. The Bertz CT molecular complexity index is 567. The summed E-state index contributed by atoms with van der Waals surface area (Å²) >= 11 is 0. The lowest BCUT2D eigenvalue weighted by Crippen LogP contribution is -2.60. The molecule has 3 N–H and O–H groups in total. The van der Waals surface area contributed by atoms with Gasteiger partial charge in [0.15, 0.2) is 0 Å². The Labute approximate surface area is 134 Å². The zero-order valence-electron chi connectivity index (χ0n) is 12.8. The van der Waals surface area contributed by atoms with E-state index in [4.69, 9.17) is 0 Å². The van der Waals surface area contributed by atoms with Gasteiger partial charge in [-0.15, -0.1) is 0 Å². The molecule has 1 saturated heterocycles. The van der Waals surface area contributed by atoms with Crippen molar-refractivity contribution in [2.24, 2.45) is 0 Å². The van der Waals surface area contributed by atoms with Crippen molar-refractivity contribution in [3.63, 3.8) is 0 Å². The van der Waals surface area contributed by atoms with Gasteiger partial charge < -0.3 is 15.7 Å². The summed E-state index contributed by atoms with van der Waals surface area (Å²) in [6, 6.07) is -0.449. The Balaban J connectivity index is 1.64. The van der Waals surface area contributed by atoms with Crippen molar-refractivity contribution in [3.05, 3.63) is 24.3 Å². The van der Waals surface area contributed by atoms with Gasteiger partial charge in [0.1, 0.15) is 5.69 Å². The van der Waals surface area contributed by atoms with E-state index in [-0.39, 0.29) is 29.6 Å². The number of hydrogen-bond acceptors (Lipinski definition) is 6. The zero-order chi connectivity index (χ0) is 16.2. The molecule has 23 heavy (non-hydrogen) atoms. The summed E-state index contributed by atoms with van der Waals surface area (Å²) in [7, 11) is 0. The number of aliphatic hydroxyl groups is 1. The van der Waals surface area contributed by atoms with Crippen molar-refractivity contribution in [1.29, 1.82) is 0 Å². The van der Waals surface area contributed by atoms with Gasteiger partial charge in [-0.05, 0) is 19.3 Å². The number of nitrogens with zero attached hydrogens (tertiary/aromatic N) is 3. The van der Waals surface area contributed by atoms with Gasteiger partial charge in [0.2, 0.25) is 5.91 Å². The average molecular weight is 319 g/mol. The molecule has 0 spiro atoms. The SMILES string of the molecule is O=C1CN([C@@H]2CCC[C@@H](NC(=O)c3cnccn3)[C@H]2O)CCN1. The second-order valence-corrected chi connectivity index (χ2v) is 5.98. The van der Waals surface area contributed by atoms with Crippen LogP contribution in [0.4, 0.5) is 0 Å². The predicted octanol–water partition coefficient (Wildman–Crippen LogP) is -1.08. The molecule has 0 radical (unpaired) electrons. The molecule has 1 aliphatic carbocycles. The zero-order valence-corrected chi connectivity index (χ0v) is 12.8. The third kappa shape index (κ3) is 3.65. The third-order valence-electron chi connectivity index (χ3n) is 4.47.